The lowest BCUT2D eigenvalue weighted by Crippen LogP contribution is -1.86. The molecule has 0 aromatic heterocycles. The molecule has 2 rings (SSSR count). The molecule has 0 aromatic rings. The fourth-order valence-corrected chi connectivity index (χ4v) is 1.46. The minimum atomic E-state index is 1.17. The molecule has 0 aromatic carbocycles. The Kier molecular flexibility index (Phi) is 1.05. The second kappa shape index (κ2) is 1.87. The van der Waals surface area contributed by atoms with Gasteiger partial charge in [0.15, 0.2) is 0 Å². The summed E-state index contributed by atoms with van der Waals surface area (Å²) in [5.74, 6) is 0. The van der Waals surface area contributed by atoms with Gasteiger partial charge in [0.25, 0.3) is 0 Å². The van der Waals surface area contributed by atoms with Gasteiger partial charge in [-0.25, -0.2) is 0 Å². The highest BCUT2D eigenvalue weighted by atomic mass is 14.1. The lowest BCUT2D eigenvalue weighted by atomic mass is 10.00. The third kappa shape index (κ3) is 0.748. The molecule has 9 heavy (non-hydrogen) atoms. The molecule has 0 bridgehead atoms. The van der Waals surface area contributed by atoms with Crippen LogP contribution >= 0.6 is 0 Å². The largest absolute Gasteiger partial charge is 0.0841 e. The van der Waals surface area contributed by atoms with E-state index in [9.17, 15) is 0 Å². The van der Waals surface area contributed by atoms with Gasteiger partial charge in [0.05, 0.1) is 0 Å². The van der Waals surface area contributed by atoms with E-state index >= 15 is 0 Å². The molecule has 0 radical (unpaired) electrons. The fraction of sp³-hybridized carbons (Fsp3) is 0.333. The molecule has 0 spiro atoms. The Hall–Kier alpha value is -0.780. The summed E-state index contributed by atoms with van der Waals surface area (Å²) in [6.45, 7) is 0. The molecule has 0 saturated heterocycles. The predicted octanol–water partition coefficient (Wildman–Crippen LogP) is 2.59. The maximum atomic E-state index is 2.27. The van der Waals surface area contributed by atoms with E-state index in [-0.39, 0.29) is 0 Å². The number of rotatable bonds is 0. The second-order valence-corrected chi connectivity index (χ2v) is 2.61. The van der Waals surface area contributed by atoms with E-state index in [1.54, 1.807) is 11.1 Å². The third-order valence-electron chi connectivity index (χ3n) is 2.01. The van der Waals surface area contributed by atoms with Crippen molar-refractivity contribution in [1.29, 1.82) is 0 Å². The number of allylic oxidation sites excluding steroid dienone is 6. The van der Waals surface area contributed by atoms with Crippen LogP contribution in [0.25, 0.3) is 0 Å². The molecule has 0 unspecified atom stereocenters. The summed E-state index contributed by atoms with van der Waals surface area (Å²) in [5, 5.41) is 0. The van der Waals surface area contributed by atoms with Crippen LogP contribution in [-0.4, -0.2) is 0 Å². The van der Waals surface area contributed by atoms with Crippen molar-refractivity contribution in [3.05, 3.63) is 35.5 Å². The first-order valence-electron chi connectivity index (χ1n) is 3.49. The molecule has 0 aliphatic heterocycles. The van der Waals surface area contributed by atoms with Gasteiger partial charge >= 0.3 is 0 Å². The number of hydrogen-bond donors (Lipinski definition) is 0. The van der Waals surface area contributed by atoms with Crippen molar-refractivity contribution in [2.45, 2.75) is 19.3 Å². The highest BCUT2D eigenvalue weighted by molar-refractivity contribution is 5.38. The van der Waals surface area contributed by atoms with Crippen LogP contribution in [0.4, 0.5) is 0 Å². The van der Waals surface area contributed by atoms with E-state index in [4.69, 9.17) is 0 Å². The van der Waals surface area contributed by atoms with Gasteiger partial charge in [0.1, 0.15) is 0 Å². The molecule has 0 nitrogen and oxygen atoms in total. The topological polar surface area (TPSA) is 0 Å². The lowest BCUT2D eigenvalue weighted by molar-refractivity contribution is 1.04. The summed E-state index contributed by atoms with van der Waals surface area (Å²) >= 11 is 0. The van der Waals surface area contributed by atoms with Gasteiger partial charge in [-0.1, -0.05) is 29.9 Å². The zero-order chi connectivity index (χ0) is 6.10. The van der Waals surface area contributed by atoms with E-state index in [1.807, 2.05) is 0 Å². The van der Waals surface area contributed by atoms with Crippen molar-refractivity contribution < 1.29 is 0 Å². The molecule has 0 N–H and O–H groups in total. The molecule has 0 saturated carbocycles. The SMILES string of the molecule is C1=CCC2=C(C=CC2)C1. The molecular weight excluding hydrogens is 108 g/mol. The predicted molar refractivity (Wildman–Crippen MR) is 39.2 cm³/mol. The lowest BCUT2D eigenvalue weighted by Gasteiger charge is -2.06. The average Bonchev–Trinajstić information content (AvgIpc) is 2.33. The van der Waals surface area contributed by atoms with Gasteiger partial charge in [-0.2, -0.15) is 0 Å². The summed E-state index contributed by atoms with van der Waals surface area (Å²) in [4.78, 5) is 0. The molecule has 0 heterocycles. The maximum Gasteiger partial charge on any atom is -0.00977 e. The third-order valence-corrected chi connectivity index (χ3v) is 2.01. The standard InChI is InChI=1S/C9H10/c1-2-5-9-7-3-6-8(9)4-1/h1-3,6H,4-5,7H2. The van der Waals surface area contributed by atoms with Crippen LogP contribution in [-0.2, 0) is 0 Å². The summed E-state index contributed by atoms with van der Waals surface area (Å²) in [6, 6.07) is 0. The quantitative estimate of drug-likeness (QED) is 0.429. The maximum absolute atomic E-state index is 2.27. The average molecular weight is 118 g/mol. The van der Waals surface area contributed by atoms with E-state index in [0.717, 1.165) is 0 Å². The zero-order valence-electron chi connectivity index (χ0n) is 5.43. The summed E-state index contributed by atoms with van der Waals surface area (Å²) in [5.41, 5.74) is 3.20. The van der Waals surface area contributed by atoms with Gasteiger partial charge < -0.3 is 0 Å². The van der Waals surface area contributed by atoms with Crippen molar-refractivity contribution in [3.8, 4) is 0 Å². The Morgan fingerprint density at radius 1 is 0.889 bits per heavy atom. The summed E-state index contributed by atoms with van der Waals surface area (Å²) in [6.07, 6.45) is 12.6. The Labute approximate surface area is 55.6 Å². The Morgan fingerprint density at radius 2 is 1.67 bits per heavy atom. The molecule has 2 aliphatic rings. The molecule has 0 fully saturated rings. The van der Waals surface area contributed by atoms with Crippen molar-refractivity contribution in [1.82, 2.24) is 0 Å². The minimum absolute atomic E-state index is 1.17. The normalized spacial score (nSPS) is 23.1. The molecule has 46 valence electrons. The molecule has 0 amide bonds. The summed E-state index contributed by atoms with van der Waals surface area (Å²) < 4.78 is 0. The molecule has 0 heteroatoms. The fourth-order valence-electron chi connectivity index (χ4n) is 1.46. The van der Waals surface area contributed by atoms with Crippen LogP contribution in [0, 0.1) is 0 Å². The Morgan fingerprint density at radius 3 is 2.56 bits per heavy atom. The van der Waals surface area contributed by atoms with E-state index < -0.39 is 0 Å². The zero-order valence-corrected chi connectivity index (χ0v) is 5.43. The molecular formula is C9H10. The van der Waals surface area contributed by atoms with Crippen molar-refractivity contribution in [2.24, 2.45) is 0 Å². The van der Waals surface area contributed by atoms with Gasteiger partial charge in [-0.15, -0.1) is 0 Å². The second-order valence-electron chi connectivity index (χ2n) is 2.61. The Balaban J connectivity index is 2.28. The summed E-state index contributed by atoms with van der Waals surface area (Å²) in [7, 11) is 0. The van der Waals surface area contributed by atoms with Gasteiger partial charge in [-0.05, 0) is 24.8 Å². The first kappa shape index (κ1) is 5.04. The van der Waals surface area contributed by atoms with Crippen molar-refractivity contribution >= 4 is 0 Å². The van der Waals surface area contributed by atoms with Crippen LogP contribution in [0.15, 0.2) is 35.5 Å². The molecule has 0 atom stereocenters. The number of hydrogen-bond acceptors (Lipinski definition) is 0. The highest BCUT2D eigenvalue weighted by Gasteiger charge is 2.08. The van der Waals surface area contributed by atoms with Crippen molar-refractivity contribution in [2.75, 3.05) is 0 Å². The minimum Gasteiger partial charge on any atom is -0.0841 e. The van der Waals surface area contributed by atoms with Crippen LogP contribution in [0.1, 0.15) is 19.3 Å². The van der Waals surface area contributed by atoms with E-state index in [2.05, 4.69) is 24.3 Å². The van der Waals surface area contributed by atoms with Crippen LogP contribution in [0.5, 0.6) is 0 Å². The smallest absolute Gasteiger partial charge is 0.00977 e. The van der Waals surface area contributed by atoms with Crippen LogP contribution in [0.2, 0.25) is 0 Å². The van der Waals surface area contributed by atoms with Gasteiger partial charge in [-0.3, -0.25) is 0 Å². The van der Waals surface area contributed by atoms with Crippen molar-refractivity contribution in [3.63, 3.8) is 0 Å². The van der Waals surface area contributed by atoms with E-state index in [1.165, 1.54) is 19.3 Å². The first-order valence-corrected chi connectivity index (χ1v) is 3.49. The van der Waals surface area contributed by atoms with Gasteiger partial charge in [0, 0.05) is 0 Å². The van der Waals surface area contributed by atoms with E-state index in [0.29, 0.717) is 0 Å². The van der Waals surface area contributed by atoms with Gasteiger partial charge in [0.2, 0.25) is 0 Å². The Bertz CT molecular complexity index is 204. The monoisotopic (exact) mass is 118 g/mol. The first-order chi connectivity index (χ1) is 4.47. The highest BCUT2D eigenvalue weighted by Crippen LogP contribution is 2.28. The van der Waals surface area contributed by atoms with Crippen LogP contribution < -0.4 is 0 Å². The molecule has 2 aliphatic carbocycles. The van der Waals surface area contributed by atoms with Crippen LogP contribution in [0.3, 0.4) is 0 Å².